The van der Waals surface area contributed by atoms with E-state index in [0.29, 0.717) is 18.8 Å². The summed E-state index contributed by atoms with van der Waals surface area (Å²) >= 11 is 6.11. The molecular weight excluding hydrogens is 278 g/mol. The summed E-state index contributed by atoms with van der Waals surface area (Å²) in [5, 5.41) is 7.55. The van der Waals surface area contributed by atoms with Gasteiger partial charge < -0.3 is 10.1 Å². The highest BCUT2D eigenvalue weighted by Gasteiger charge is 2.11. The van der Waals surface area contributed by atoms with Gasteiger partial charge in [-0.15, -0.1) is 0 Å². The van der Waals surface area contributed by atoms with E-state index in [2.05, 4.69) is 24.3 Å². The Morgan fingerprint density at radius 3 is 2.90 bits per heavy atom. The van der Waals surface area contributed by atoms with E-state index in [1.165, 1.54) is 23.9 Å². The lowest BCUT2D eigenvalue weighted by Gasteiger charge is -2.16. The summed E-state index contributed by atoms with van der Waals surface area (Å²) in [4.78, 5) is 12.0. The van der Waals surface area contributed by atoms with Crippen LogP contribution >= 0.6 is 11.6 Å². The molecule has 0 aliphatic heterocycles. The Balaban J connectivity index is 2.67. The van der Waals surface area contributed by atoms with Crippen molar-refractivity contribution in [1.29, 1.82) is 0 Å². The minimum atomic E-state index is -0.283. The van der Waals surface area contributed by atoms with Gasteiger partial charge in [-0.25, -0.2) is 4.68 Å². The van der Waals surface area contributed by atoms with Gasteiger partial charge in [0, 0.05) is 13.2 Å². The number of methoxy groups -OCH3 is 1. The Labute approximate surface area is 125 Å². The lowest BCUT2D eigenvalue weighted by Crippen LogP contribution is -2.27. The maximum Gasteiger partial charge on any atom is 0.287 e. The molecule has 0 amide bonds. The summed E-state index contributed by atoms with van der Waals surface area (Å²) < 4.78 is 6.25. The average Bonchev–Trinajstić information content (AvgIpc) is 2.43. The van der Waals surface area contributed by atoms with Crippen LogP contribution in [-0.4, -0.2) is 29.5 Å². The first-order valence-corrected chi connectivity index (χ1v) is 7.49. The molecule has 1 rings (SSSR count). The fourth-order valence-electron chi connectivity index (χ4n) is 1.94. The lowest BCUT2D eigenvalue weighted by atomic mass is 10.1. The predicted molar refractivity (Wildman–Crippen MR) is 82.6 cm³/mol. The number of rotatable bonds is 9. The van der Waals surface area contributed by atoms with Crippen molar-refractivity contribution in [3.63, 3.8) is 0 Å². The van der Waals surface area contributed by atoms with Gasteiger partial charge >= 0.3 is 0 Å². The Morgan fingerprint density at radius 2 is 2.25 bits per heavy atom. The number of aromatic nitrogens is 2. The number of nitrogens with one attached hydrogen (secondary N) is 1. The van der Waals surface area contributed by atoms with E-state index < -0.39 is 0 Å². The van der Waals surface area contributed by atoms with Gasteiger partial charge in [-0.2, -0.15) is 5.10 Å². The number of hydrogen-bond acceptors (Lipinski definition) is 4. The van der Waals surface area contributed by atoms with Crippen LogP contribution in [0.2, 0.25) is 5.02 Å². The van der Waals surface area contributed by atoms with E-state index in [1.54, 1.807) is 13.3 Å². The van der Waals surface area contributed by atoms with Crippen LogP contribution < -0.4 is 10.9 Å². The van der Waals surface area contributed by atoms with E-state index in [0.717, 1.165) is 6.42 Å². The van der Waals surface area contributed by atoms with Crippen LogP contribution in [0.1, 0.15) is 39.5 Å². The van der Waals surface area contributed by atoms with Crippen molar-refractivity contribution in [3.05, 3.63) is 21.6 Å². The second kappa shape index (κ2) is 8.97. The first-order chi connectivity index (χ1) is 9.60. The topological polar surface area (TPSA) is 56.1 Å². The Bertz CT molecular complexity index is 462. The zero-order valence-corrected chi connectivity index (χ0v) is 13.2. The summed E-state index contributed by atoms with van der Waals surface area (Å²) in [6.07, 6.45) is 6.24. The Morgan fingerprint density at radius 1 is 1.50 bits per heavy atom. The quantitative estimate of drug-likeness (QED) is 0.713. The van der Waals surface area contributed by atoms with E-state index in [-0.39, 0.29) is 16.6 Å². The maximum atomic E-state index is 12.0. The summed E-state index contributed by atoms with van der Waals surface area (Å²) in [5.41, 5.74) is 0.323. The molecule has 1 aromatic rings. The molecule has 1 heterocycles. The molecule has 5 nitrogen and oxygen atoms in total. The highest BCUT2D eigenvalue weighted by molar-refractivity contribution is 6.32. The first-order valence-electron chi connectivity index (χ1n) is 7.11. The molecule has 0 aliphatic rings. The molecule has 1 unspecified atom stereocenters. The van der Waals surface area contributed by atoms with Crippen molar-refractivity contribution in [2.75, 3.05) is 19.0 Å². The second-order valence-corrected chi connectivity index (χ2v) is 5.31. The highest BCUT2D eigenvalue weighted by atomic mass is 35.5. The largest absolute Gasteiger partial charge is 0.383 e. The van der Waals surface area contributed by atoms with E-state index >= 15 is 0 Å². The van der Waals surface area contributed by atoms with E-state index in [1.807, 2.05) is 0 Å². The third kappa shape index (κ3) is 5.13. The summed E-state index contributed by atoms with van der Waals surface area (Å²) in [7, 11) is 1.58. The monoisotopic (exact) mass is 301 g/mol. The van der Waals surface area contributed by atoms with Gasteiger partial charge in [0.25, 0.3) is 5.56 Å². The van der Waals surface area contributed by atoms with Crippen LogP contribution in [0.3, 0.4) is 0 Å². The van der Waals surface area contributed by atoms with Crippen LogP contribution in [0.4, 0.5) is 5.69 Å². The standard InChI is InChI=1S/C14H24ClN3O2/c1-4-5-6-7-11(2)17-12-10-16-18(8-9-20-3)14(19)13(12)15/h10-11,17H,4-9H2,1-3H3. The Hall–Kier alpha value is -1.07. The number of nitrogens with zero attached hydrogens (tertiary/aromatic N) is 2. The molecule has 0 aromatic carbocycles. The van der Waals surface area contributed by atoms with Crippen LogP contribution in [0.15, 0.2) is 11.0 Å². The molecule has 20 heavy (non-hydrogen) atoms. The third-order valence-corrected chi connectivity index (χ3v) is 3.50. The van der Waals surface area contributed by atoms with Gasteiger partial charge in [0.05, 0.1) is 25.0 Å². The molecule has 0 bridgehead atoms. The molecule has 0 fully saturated rings. The van der Waals surface area contributed by atoms with Gasteiger partial charge in [0.1, 0.15) is 5.02 Å². The molecule has 1 atom stereocenters. The van der Waals surface area contributed by atoms with Gasteiger partial charge in [-0.05, 0) is 13.3 Å². The number of anilines is 1. The SMILES string of the molecule is CCCCCC(C)Nc1cnn(CCOC)c(=O)c1Cl. The fourth-order valence-corrected chi connectivity index (χ4v) is 2.14. The normalized spacial score (nSPS) is 12.4. The van der Waals surface area contributed by atoms with E-state index in [9.17, 15) is 4.79 Å². The molecular formula is C14H24ClN3O2. The number of unbranched alkanes of at least 4 members (excludes halogenated alkanes) is 2. The number of halogens is 1. The van der Waals surface area contributed by atoms with Gasteiger partial charge in [-0.1, -0.05) is 37.8 Å². The Kier molecular flexibility index (Phi) is 7.62. The molecule has 1 N–H and O–H groups in total. The highest BCUT2D eigenvalue weighted by Crippen LogP contribution is 2.18. The molecule has 0 saturated carbocycles. The number of ether oxygens (including phenoxy) is 1. The predicted octanol–water partition coefficient (Wildman–Crippen LogP) is 2.92. The second-order valence-electron chi connectivity index (χ2n) is 4.93. The molecule has 114 valence electrons. The van der Waals surface area contributed by atoms with E-state index in [4.69, 9.17) is 16.3 Å². The molecule has 0 spiro atoms. The van der Waals surface area contributed by atoms with Crippen LogP contribution in [0, 0.1) is 0 Å². The smallest absolute Gasteiger partial charge is 0.287 e. The minimum absolute atomic E-state index is 0.193. The molecule has 0 aliphatic carbocycles. The van der Waals surface area contributed by atoms with Crippen LogP contribution in [0.5, 0.6) is 0 Å². The van der Waals surface area contributed by atoms with Crippen LogP contribution in [-0.2, 0) is 11.3 Å². The van der Waals surface area contributed by atoms with Crippen molar-refractivity contribution in [1.82, 2.24) is 9.78 Å². The molecule has 0 saturated heterocycles. The summed E-state index contributed by atoms with van der Waals surface area (Å²) in [6.45, 7) is 5.10. The van der Waals surface area contributed by atoms with Crippen molar-refractivity contribution in [2.45, 2.75) is 52.1 Å². The van der Waals surface area contributed by atoms with Gasteiger partial charge in [0.2, 0.25) is 0 Å². The number of hydrogen-bond donors (Lipinski definition) is 1. The zero-order chi connectivity index (χ0) is 15.0. The zero-order valence-electron chi connectivity index (χ0n) is 12.5. The lowest BCUT2D eigenvalue weighted by molar-refractivity contribution is 0.182. The molecule has 0 radical (unpaired) electrons. The van der Waals surface area contributed by atoms with Gasteiger partial charge in [0.15, 0.2) is 0 Å². The van der Waals surface area contributed by atoms with Gasteiger partial charge in [-0.3, -0.25) is 4.79 Å². The van der Waals surface area contributed by atoms with Crippen molar-refractivity contribution < 1.29 is 4.74 Å². The minimum Gasteiger partial charge on any atom is -0.383 e. The van der Waals surface area contributed by atoms with Crippen molar-refractivity contribution in [3.8, 4) is 0 Å². The van der Waals surface area contributed by atoms with Crippen molar-refractivity contribution >= 4 is 17.3 Å². The molecule has 6 heteroatoms. The average molecular weight is 302 g/mol. The fraction of sp³-hybridized carbons (Fsp3) is 0.714. The van der Waals surface area contributed by atoms with Crippen LogP contribution in [0.25, 0.3) is 0 Å². The first kappa shape index (κ1) is 17.0. The molecule has 1 aromatic heterocycles. The maximum absolute atomic E-state index is 12.0. The summed E-state index contributed by atoms with van der Waals surface area (Å²) in [6, 6.07) is 0.273. The summed E-state index contributed by atoms with van der Waals surface area (Å²) in [5.74, 6) is 0. The van der Waals surface area contributed by atoms with Crippen molar-refractivity contribution in [2.24, 2.45) is 0 Å². The third-order valence-electron chi connectivity index (χ3n) is 3.13.